The van der Waals surface area contributed by atoms with Crippen molar-refractivity contribution in [3.63, 3.8) is 0 Å². The van der Waals surface area contributed by atoms with Crippen molar-refractivity contribution in [1.29, 1.82) is 0 Å². The van der Waals surface area contributed by atoms with Gasteiger partial charge in [-0.25, -0.2) is 0 Å². The molecule has 3 nitrogen and oxygen atoms in total. The van der Waals surface area contributed by atoms with Gasteiger partial charge in [0.05, 0.1) is 5.54 Å². The monoisotopic (exact) mass is 272 g/mol. The third-order valence-corrected chi connectivity index (χ3v) is 5.18. The molecule has 2 N–H and O–H groups in total. The summed E-state index contributed by atoms with van der Waals surface area (Å²) in [6, 6.07) is 8.37. The van der Waals surface area contributed by atoms with E-state index in [1.807, 2.05) is 0 Å². The van der Waals surface area contributed by atoms with Crippen molar-refractivity contribution < 1.29 is 4.79 Å². The van der Waals surface area contributed by atoms with Gasteiger partial charge in [-0.1, -0.05) is 36.8 Å². The Morgan fingerprint density at radius 3 is 2.80 bits per heavy atom. The number of rotatable bonds is 3. The Hall–Kier alpha value is -1.35. The summed E-state index contributed by atoms with van der Waals surface area (Å²) in [5.41, 5.74) is 2.26. The number of carbonyl (C=O) groups is 1. The van der Waals surface area contributed by atoms with Crippen LogP contribution in [0.15, 0.2) is 24.3 Å². The second kappa shape index (κ2) is 4.32. The van der Waals surface area contributed by atoms with Crippen LogP contribution in [0.4, 0.5) is 0 Å². The first-order valence-electron chi connectivity index (χ1n) is 7.44. The molecule has 2 fully saturated rings. The van der Waals surface area contributed by atoms with E-state index in [1.54, 1.807) is 0 Å². The summed E-state index contributed by atoms with van der Waals surface area (Å²) in [6.07, 6.45) is 0. The van der Waals surface area contributed by atoms with Crippen molar-refractivity contribution in [3.8, 4) is 0 Å². The number of hydrogen-bond donors (Lipinski definition) is 2. The largest absolute Gasteiger partial charge is 0.347 e. The second-order valence-corrected chi connectivity index (χ2v) is 7.20. The molecule has 3 atom stereocenters. The smallest absolute Gasteiger partial charge is 0.224 e. The summed E-state index contributed by atoms with van der Waals surface area (Å²) < 4.78 is 0. The number of hydrogen-bond acceptors (Lipinski definition) is 2. The Kier molecular flexibility index (Phi) is 2.94. The molecule has 1 saturated carbocycles. The first kappa shape index (κ1) is 13.6. The lowest BCUT2D eigenvalue weighted by Gasteiger charge is -2.28. The van der Waals surface area contributed by atoms with Gasteiger partial charge in [0.1, 0.15) is 0 Å². The minimum absolute atomic E-state index is 0.187. The Labute approximate surface area is 121 Å². The molecule has 0 spiro atoms. The van der Waals surface area contributed by atoms with E-state index in [0.29, 0.717) is 5.92 Å². The molecule has 0 aromatic heterocycles. The normalized spacial score (nSPS) is 31.8. The summed E-state index contributed by atoms with van der Waals surface area (Å²) in [6.45, 7) is 10.4. The predicted octanol–water partition coefficient (Wildman–Crippen LogP) is 2.20. The number of piperidine rings is 1. The summed E-state index contributed by atoms with van der Waals surface area (Å²) in [5, 5.41) is 6.62. The average Bonchev–Trinajstić information content (AvgIpc) is 2.76. The Morgan fingerprint density at radius 2 is 2.20 bits per heavy atom. The van der Waals surface area contributed by atoms with Crippen LogP contribution in [-0.2, 0) is 10.3 Å². The molecule has 3 heteroatoms. The highest BCUT2D eigenvalue weighted by Gasteiger charge is 2.67. The molecule has 3 unspecified atom stereocenters. The molecular formula is C17H24N2O. The molecule has 1 saturated heterocycles. The molecule has 1 amide bonds. The Morgan fingerprint density at radius 1 is 1.45 bits per heavy atom. The molecule has 1 aliphatic heterocycles. The van der Waals surface area contributed by atoms with Crippen LogP contribution in [0.5, 0.6) is 0 Å². The summed E-state index contributed by atoms with van der Waals surface area (Å²) >= 11 is 0. The highest BCUT2D eigenvalue weighted by molar-refractivity contribution is 5.84. The van der Waals surface area contributed by atoms with Crippen molar-refractivity contribution >= 4 is 5.91 Å². The van der Waals surface area contributed by atoms with Gasteiger partial charge in [-0.05, 0) is 44.2 Å². The van der Waals surface area contributed by atoms with Gasteiger partial charge in [0, 0.05) is 12.5 Å². The SMILES string of the molecule is Cc1cccc(C(C)(C)NC(=O)C2C3CNCC32C)c1. The van der Waals surface area contributed by atoms with Crippen LogP contribution < -0.4 is 10.6 Å². The molecule has 1 aromatic carbocycles. The number of aryl methyl sites for hydroxylation is 1. The lowest BCUT2D eigenvalue weighted by atomic mass is 9.92. The van der Waals surface area contributed by atoms with Crippen LogP contribution in [-0.4, -0.2) is 19.0 Å². The zero-order valence-corrected chi connectivity index (χ0v) is 12.8. The van der Waals surface area contributed by atoms with Crippen LogP contribution in [0.2, 0.25) is 0 Å². The highest BCUT2D eigenvalue weighted by atomic mass is 16.2. The van der Waals surface area contributed by atoms with Crippen LogP contribution in [0.1, 0.15) is 31.9 Å². The van der Waals surface area contributed by atoms with E-state index >= 15 is 0 Å². The highest BCUT2D eigenvalue weighted by Crippen LogP contribution is 2.60. The topological polar surface area (TPSA) is 41.1 Å². The molecule has 1 aliphatic carbocycles. The number of amides is 1. The van der Waals surface area contributed by atoms with Gasteiger partial charge in [-0.3, -0.25) is 4.79 Å². The fourth-order valence-corrected chi connectivity index (χ4v) is 3.72. The molecule has 2 aliphatic rings. The first-order chi connectivity index (χ1) is 9.34. The van der Waals surface area contributed by atoms with Crippen molar-refractivity contribution in [3.05, 3.63) is 35.4 Å². The van der Waals surface area contributed by atoms with E-state index in [1.165, 1.54) is 11.1 Å². The fraction of sp³-hybridized carbons (Fsp3) is 0.588. The van der Waals surface area contributed by atoms with Gasteiger partial charge in [-0.15, -0.1) is 0 Å². The Bertz CT molecular complexity index is 552. The maximum Gasteiger partial charge on any atom is 0.224 e. The molecule has 108 valence electrons. The summed E-state index contributed by atoms with van der Waals surface area (Å²) in [5.74, 6) is 0.925. The van der Waals surface area contributed by atoms with Gasteiger partial charge in [0.15, 0.2) is 0 Å². The van der Waals surface area contributed by atoms with Gasteiger partial charge in [-0.2, -0.15) is 0 Å². The minimum Gasteiger partial charge on any atom is -0.347 e. The maximum absolute atomic E-state index is 12.6. The van der Waals surface area contributed by atoms with E-state index in [4.69, 9.17) is 0 Å². The standard InChI is InChI=1S/C17H24N2O/c1-11-6-5-7-12(8-11)16(2,3)19-15(20)14-13-9-18-10-17(13,14)4/h5-8,13-14,18H,9-10H2,1-4H3,(H,19,20). The number of carbonyl (C=O) groups excluding carboxylic acids is 1. The zero-order valence-electron chi connectivity index (χ0n) is 12.8. The zero-order chi connectivity index (χ0) is 14.5. The van der Waals surface area contributed by atoms with Gasteiger partial charge in [0.2, 0.25) is 5.91 Å². The lowest BCUT2D eigenvalue weighted by Crippen LogP contribution is -2.43. The van der Waals surface area contributed by atoms with Crippen LogP contribution in [0, 0.1) is 24.2 Å². The average molecular weight is 272 g/mol. The third kappa shape index (κ3) is 2.05. The molecule has 3 rings (SSSR count). The number of benzene rings is 1. The summed E-state index contributed by atoms with van der Waals surface area (Å²) in [7, 11) is 0. The molecule has 0 radical (unpaired) electrons. The molecular weight excluding hydrogens is 248 g/mol. The van der Waals surface area contributed by atoms with E-state index in [-0.39, 0.29) is 22.8 Å². The second-order valence-electron chi connectivity index (χ2n) is 7.20. The van der Waals surface area contributed by atoms with Gasteiger partial charge in [0.25, 0.3) is 0 Å². The molecule has 1 aromatic rings. The number of nitrogens with one attached hydrogen (secondary N) is 2. The summed E-state index contributed by atoms with van der Waals surface area (Å²) in [4.78, 5) is 12.6. The van der Waals surface area contributed by atoms with Crippen molar-refractivity contribution in [2.24, 2.45) is 17.3 Å². The van der Waals surface area contributed by atoms with Gasteiger partial charge < -0.3 is 10.6 Å². The van der Waals surface area contributed by atoms with E-state index in [0.717, 1.165) is 13.1 Å². The maximum atomic E-state index is 12.6. The van der Waals surface area contributed by atoms with Crippen molar-refractivity contribution in [2.45, 2.75) is 33.2 Å². The van der Waals surface area contributed by atoms with Crippen LogP contribution in [0.3, 0.4) is 0 Å². The molecule has 1 heterocycles. The molecule has 0 bridgehead atoms. The number of fused-ring (bicyclic) bond motifs is 1. The third-order valence-electron chi connectivity index (χ3n) is 5.18. The first-order valence-corrected chi connectivity index (χ1v) is 7.44. The Balaban J connectivity index is 1.72. The fourth-order valence-electron chi connectivity index (χ4n) is 3.72. The van der Waals surface area contributed by atoms with Crippen LogP contribution >= 0.6 is 0 Å². The van der Waals surface area contributed by atoms with Crippen molar-refractivity contribution in [2.75, 3.05) is 13.1 Å². The van der Waals surface area contributed by atoms with E-state index in [2.05, 4.69) is 62.6 Å². The molecule has 20 heavy (non-hydrogen) atoms. The van der Waals surface area contributed by atoms with Crippen LogP contribution in [0.25, 0.3) is 0 Å². The van der Waals surface area contributed by atoms with E-state index < -0.39 is 0 Å². The predicted molar refractivity (Wildman–Crippen MR) is 80.3 cm³/mol. The quantitative estimate of drug-likeness (QED) is 0.885. The van der Waals surface area contributed by atoms with E-state index in [9.17, 15) is 4.79 Å². The van der Waals surface area contributed by atoms with Gasteiger partial charge >= 0.3 is 0 Å². The minimum atomic E-state index is -0.316. The van der Waals surface area contributed by atoms with Crippen molar-refractivity contribution in [1.82, 2.24) is 10.6 Å². The lowest BCUT2D eigenvalue weighted by molar-refractivity contribution is -0.125.